The van der Waals surface area contributed by atoms with E-state index >= 15 is 0 Å². The van der Waals surface area contributed by atoms with Crippen molar-refractivity contribution < 1.29 is 9.53 Å². The number of hydrogen-bond acceptors (Lipinski definition) is 7. The highest BCUT2D eigenvalue weighted by molar-refractivity contribution is 7.15. The van der Waals surface area contributed by atoms with Crippen molar-refractivity contribution in [1.82, 2.24) is 20.2 Å². The third-order valence-corrected chi connectivity index (χ3v) is 5.89. The molecule has 28 heavy (non-hydrogen) atoms. The summed E-state index contributed by atoms with van der Waals surface area (Å²) in [4.78, 5) is 21.3. The van der Waals surface area contributed by atoms with E-state index in [-0.39, 0.29) is 5.91 Å². The molecule has 2 unspecified atom stereocenters. The summed E-state index contributed by atoms with van der Waals surface area (Å²) in [5, 5.41) is 12.9. The molecule has 7 nitrogen and oxygen atoms in total. The maximum atomic E-state index is 13.0. The van der Waals surface area contributed by atoms with E-state index < -0.39 is 0 Å². The van der Waals surface area contributed by atoms with Gasteiger partial charge in [-0.1, -0.05) is 29.9 Å². The van der Waals surface area contributed by atoms with E-state index in [0.29, 0.717) is 44.6 Å². The lowest BCUT2D eigenvalue weighted by molar-refractivity contribution is 0.102. The van der Waals surface area contributed by atoms with Gasteiger partial charge in [0, 0.05) is 28.9 Å². The predicted molar refractivity (Wildman–Crippen MR) is 108 cm³/mol. The van der Waals surface area contributed by atoms with E-state index in [0.717, 1.165) is 17.1 Å². The molecule has 1 amide bonds. The maximum absolute atomic E-state index is 13.0. The number of halogens is 1. The van der Waals surface area contributed by atoms with E-state index in [1.54, 1.807) is 19.4 Å². The van der Waals surface area contributed by atoms with Crippen LogP contribution in [-0.4, -0.2) is 33.2 Å². The van der Waals surface area contributed by atoms with Gasteiger partial charge >= 0.3 is 0 Å². The Labute approximate surface area is 171 Å². The maximum Gasteiger partial charge on any atom is 0.259 e. The van der Waals surface area contributed by atoms with Crippen molar-refractivity contribution in [3.63, 3.8) is 0 Å². The van der Waals surface area contributed by atoms with Gasteiger partial charge in [0.25, 0.3) is 5.91 Å². The fourth-order valence-corrected chi connectivity index (χ4v) is 4.16. The summed E-state index contributed by atoms with van der Waals surface area (Å²) in [6.45, 7) is 4.04. The van der Waals surface area contributed by atoms with Crippen molar-refractivity contribution in [2.24, 2.45) is 5.92 Å². The highest BCUT2D eigenvalue weighted by Crippen LogP contribution is 2.48. The molecule has 0 spiro atoms. The third kappa shape index (κ3) is 3.70. The Morgan fingerprint density at radius 1 is 1.25 bits per heavy atom. The number of carbonyl (C=O) groups is 1. The van der Waals surface area contributed by atoms with Gasteiger partial charge in [0.05, 0.1) is 18.9 Å². The molecule has 1 fully saturated rings. The van der Waals surface area contributed by atoms with Crippen LogP contribution in [0.1, 0.15) is 40.3 Å². The summed E-state index contributed by atoms with van der Waals surface area (Å²) in [7, 11) is 1.55. The van der Waals surface area contributed by atoms with E-state index in [4.69, 9.17) is 16.3 Å². The van der Waals surface area contributed by atoms with Crippen LogP contribution in [0.15, 0.2) is 24.5 Å². The number of rotatable bonds is 5. The minimum atomic E-state index is -0.316. The molecule has 9 heteroatoms. The van der Waals surface area contributed by atoms with Gasteiger partial charge in [-0.2, -0.15) is 0 Å². The van der Waals surface area contributed by atoms with Gasteiger partial charge in [0.15, 0.2) is 0 Å². The van der Waals surface area contributed by atoms with Crippen molar-refractivity contribution in [2.45, 2.75) is 26.2 Å². The van der Waals surface area contributed by atoms with Gasteiger partial charge in [-0.05, 0) is 31.4 Å². The normalized spacial score (nSPS) is 18.0. The molecular weight excluding hydrogens is 398 g/mol. The molecule has 0 aliphatic heterocycles. The summed E-state index contributed by atoms with van der Waals surface area (Å²) in [5.41, 5.74) is 2.49. The SMILES string of the molecule is COc1cnc(Cl)cc1-c1cc(C)ncc1C(=O)Nc1nnc(C2CC2C)s1. The van der Waals surface area contributed by atoms with Crippen molar-refractivity contribution in [3.05, 3.63) is 45.9 Å². The number of amides is 1. The van der Waals surface area contributed by atoms with Crippen LogP contribution < -0.4 is 10.1 Å². The van der Waals surface area contributed by atoms with Gasteiger partial charge in [-0.15, -0.1) is 10.2 Å². The first kappa shape index (κ1) is 18.8. The Morgan fingerprint density at radius 3 is 2.75 bits per heavy atom. The van der Waals surface area contributed by atoms with Crippen LogP contribution in [0.5, 0.6) is 5.75 Å². The largest absolute Gasteiger partial charge is 0.494 e. The zero-order valence-electron chi connectivity index (χ0n) is 15.6. The number of pyridine rings is 2. The number of methoxy groups -OCH3 is 1. The van der Waals surface area contributed by atoms with E-state index in [9.17, 15) is 4.79 Å². The average Bonchev–Trinajstić information content (AvgIpc) is 3.22. The van der Waals surface area contributed by atoms with Crippen LogP contribution in [0, 0.1) is 12.8 Å². The van der Waals surface area contributed by atoms with E-state index in [2.05, 4.69) is 32.4 Å². The molecule has 1 N–H and O–H groups in total. The number of nitrogens with zero attached hydrogens (tertiary/aromatic N) is 4. The van der Waals surface area contributed by atoms with Crippen LogP contribution in [-0.2, 0) is 0 Å². The number of aromatic nitrogens is 4. The van der Waals surface area contributed by atoms with Gasteiger partial charge in [0.2, 0.25) is 5.13 Å². The Balaban J connectivity index is 1.67. The van der Waals surface area contributed by atoms with Gasteiger partial charge in [-0.3, -0.25) is 15.1 Å². The molecule has 4 rings (SSSR count). The molecule has 3 heterocycles. The monoisotopic (exact) mass is 415 g/mol. The lowest BCUT2D eigenvalue weighted by atomic mass is 10.0. The molecule has 0 aromatic carbocycles. The highest BCUT2D eigenvalue weighted by Gasteiger charge is 2.37. The first-order chi connectivity index (χ1) is 13.5. The first-order valence-electron chi connectivity index (χ1n) is 8.77. The highest BCUT2D eigenvalue weighted by atomic mass is 35.5. The molecule has 1 aliphatic carbocycles. The summed E-state index contributed by atoms with van der Waals surface area (Å²) in [5.74, 6) is 1.30. The third-order valence-electron chi connectivity index (χ3n) is 4.72. The smallest absolute Gasteiger partial charge is 0.259 e. The van der Waals surface area contributed by atoms with Crippen molar-refractivity contribution in [1.29, 1.82) is 0 Å². The first-order valence-corrected chi connectivity index (χ1v) is 9.97. The standard InChI is InChI=1S/C19H18ClN5O2S/c1-9-4-11(9)18-24-25-19(28-18)23-17(26)14-7-21-10(2)5-12(14)13-6-16(20)22-8-15(13)27-3/h5-9,11H,4H2,1-3H3,(H,23,25,26). The number of aryl methyl sites for hydroxylation is 1. The van der Waals surface area contributed by atoms with Crippen molar-refractivity contribution in [2.75, 3.05) is 12.4 Å². The fourth-order valence-electron chi connectivity index (χ4n) is 3.02. The Kier molecular flexibility index (Phi) is 4.99. The molecule has 144 valence electrons. The summed E-state index contributed by atoms with van der Waals surface area (Å²) >= 11 is 7.49. The van der Waals surface area contributed by atoms with Gasteiger partial charge in [0.1, 0.15) is 15.9 Å². The Hall–Kier alpha value is -2.58. The van der Waals surface area contributed by atoms with Gasteiger partial charge < -0.3 is 4.74 Å². The average molecular weight is 416 g/mol. The number of nitrogens with one attached hydrogen (secondary N) is 1. The summed E-state index contributed by atoms with van der Waals surface area (Å²) in [6.07, 6.45) is 4.19. The molecule has 0 bridgehead atoms. The van der Waals surface area contributed by atoms with E-state index in [1.807, 2.05) is 13.0 Å². The second-order valence-corrected chi connectivity index (χ2v) is 8.19. The topological polar surface area (TPSA) is 89.9 Å². The second-order valence-electron chi connectivity index (χ2n) is 6.80. The van der Waals surface area contributed by atoms with Crippen LogP contribution in [0.25, 0.3) is 11.1 Å². The summed E-state index contributed by atoms with van der Waals surface area (Å²) in [6, 6.07) is 3.49. The molecular formula is C19H18ClN5O2S. The minimum absolute atomic E-state index is 0.309. The van der Waals surface area contributed by atoms with Crippen LogP contribution in [0.4, 0.5) is 5.13 Å². The Bertz CT molecular complexity index is 1050. The molecule has 0 radical (unpaired) electrons. The molecule has 3 aromatic rings. The minimum Gasteiger partial charge on any atom is -0.494 e. The lowest BCUT2D eigenvalue weighted by Gasteiger charge is -2.13. The lowest BCUT2D eigenvalue weighted by Crippen LogP contribution is -2.14. The van der Waals surface area contributed by atoms with Crippen molar-refractivity contribution in [3.8, 4) is 16.9 Å². The molecule has 3 aromatic heterocycles. The van der Waals surface area contributed by atoms with Crippen LogP contribution in [0.3, 0.4) is 0 Å². The molecule has 0 saturated heterocycles. The van der Waals surface area contributed by atoms with Crippen LogP contribution >= 0.6 is 22.9 Å². The quantitative estimate of drug-likeness (QED) is 0.623. The van der Waals surface area contributed by atoms with Crippen LogP contribution in [0.2, 0.25) is 5.15 Å². The zero-order valence-corrected chi connectivity index (χ0v) is 17.1. The molecule has 1 aliphatic rings. The number of ether oxygens (including phenoxy) is 1. The Morgan fingerprint density at radius 2 is 2.04 bits per heavy atom. The van der Waals surface area contributed by atoms with Gasteiger partial charge in [-0.25, -0.2) is 4.98 Å². The number of carbonyl (C=O) groups excluding carboxylic acids is 1. The fraction of sp³-hybridized carbons (Fsp3) is 0.316. The number of anilines is 1. The van der Waals surface area contributed by atoms with E-state index in [1.165, 1.54) is 17.5 Å². The summed E-state index contributed by atoms with van der Waals surface area (Å²) < 4.78 is 5.40. The number of hydrogen-bond donors (Lipinski definition) is 1. The molecule has 2 atom stereocenters. The second kappa shape index (κ2) is 7.44. The predicted octanol–water partition coefficient (Wildman–Crippen LogP) is 4.34. The van der Waals surface area contributed by atoms with Crippen molar-refractivity contribution >= 4 is 34.0 Å². The zero-order chi connectivity index (χ0) is 19.8. The molecule has 1 saturated carbocycles.